The summed E-state index contributed by atoms with van der Waals surface area (Å²) in [7, 11) is 0. The molecule has 128 valence electrons. The van der Waals surface area contributed by atoms with Crippen LogP contribution in [0.5, 0.6) is 5.75 Å². The molecule has 1 fully saturated rings. The molecular formula is C14H13F5O4. The smallest absolute Gasteiger partial charge is 0.417 e. The van der Waals surface area contributed by atoms with Gasteiger partial charge in [-0.3, -0.25) is 0 Å². The topological polar surface area (TPSA) is 66.8 Å². The third-order valence-electron chi connectivity index (χ3n) is 4.37. The van der Waals surface area contributed by atoms with Gasteiger partial charge in [-0.25, -0.2) is 9.18 Å². The number of aliphatic carboxylic acids is 1. The Kier molecular flexibility index (Phi) is 4.04. The van der Waals surface area contributed by atoms with E-state index in [2.05, 4.69) is 0 Å². The minimum Gasteiger partial charge on any atom is -0.505 e. The standard InChI is InChI=1S/C14H13F5O4/c1-5-8(6-3-4-7(15)9(16)10(6)20)11(12(21)22)23-13(5,2)14(17,18)19/h3-5,8,11,20H,1-2H3,(H,21,22). The van der Waals surface area contributed by atoms with Crippen LogP contribution in [0.3, 0.4) is 0 Å². The molecule has 2 rings (SSSR count). The molecule has 1 aliphatic heterocycles. The quantitative estimate of drug-likeness (QED) is 0.812. The molecule has 4 unspecified atom stereocenters. The summed E-state index contributed by atoms with van der Waals surface area (Å²) in [5, 5.41) is 18.8. The summed E-state index contributed by atoms with van der Waals surface area (Å²) >= 11 is 0. The minimum absolute atomic E-state index is 0.447. The number of ether oxygens (including phenoxy) is 1. The maximum atomic E-state index is 13.5. The molecule has 9 heteroatoms. The second kappa shape index (κ2) is 5.33. The largest absolute Gasteiger partial charge is 0.505 e. The van der Waals surface area contributed by atoms with E-state index in [4.69, 9.17) is 9.84 Å². The first-order chi connectivity index (χ1) is 10.4. The van der Waals surface area contributed by atoms with E-state index >= 15 is 0 Å². The van der Waals surface area contributed by atoms with E-state index in [1.807, 2.05) is 0 Å². The fourth-order valence-electron chi connectivity index (χ4n) is 2.83. The minimum atomic E-state index is -4.89. The van der Waals surface area contributed by atoms with E-state index in [9.17, 15) is 31.9 Å². The second-order valence-corrected chi connectivity index (χ2v) is 5.60. The molecule has 0 saturated carbocycles. The molecule has 4 atom stereocenters. The van der Waals surface area contributed by atoms with Crippen molar-refractivity contribution >= 4 is 5.97 Å². The van der Waals surface area contributed by atoms with Crippen LogP contribution in [0.2, 0.25) is 0 Å². The molecule has 0 spiro atoms. The molecule has 0 aromatic heterocycles. The van der Waals surface area contributed by atoms with E-state index in [1.54, 1.807) is 0 Å². The molecule has 1 aliphatic rings. The Balaban J connectivity index is 2.60. The van der Waals surface area contributed by atoms with Crippen molar-refractivity contribution in [1.29, 1.82) is 0 Å². The summed E-state index contributed by atoms with van der Waals surface area (Å²) < 4.78 is 71.0. The van der Waals surface area contributed by atoms with E-state index in [-0.39, 0.29) is 0 Å². The van der Waals surface area contributed by atoms with Gasteiger partial charge in [0.25, 0.3) is 0 Å². The number of carboxylic acid groups (broad SMARTS) is 1. The monoisotopic (exact) mass is 340 g/mol. The Morgan fingerprint density at radius 1 is 1.30 bits per heavy atom. The number of carboxylic acids is 1. The fourth-order valence-corrected chi connectivity index (χ4v) is 2.83. The number of hydrogen-bond acceptors (Lipinski definition) is 3. The maximum absolute atomic E-state index is 13.5. The van der Waals surface area contributed by atoms with Crippen LogP contribution in [0, 0.1) is 17.6 Å². The molecule has 4 nitrogen and oxygen atoms in total. The van der Waals surface area contributed by atoms with Crippen molar-refractivity contribution < 1.29 is 41.7 Å². The van der Waals surface area contributed by atoms with Crippen molar-refractivity contribution in [3.63, 3.8) is 0 Å². The van der Waals surface area contributed by atoms with Crippen molar-refractivity contribution in [1.82, 2.24) is 0 Å². The average molecular weight is 340 g/mol. The number of aromatic hydroxyl groups is 1. The van der Waals surface area contributed by atoms with Gasteiger partial charge < -0.3 is 14.9 Å². The van der Waals surface area contributed by atoms with Gasteiger partial charge in [0.05, 0.1) is 0 Å². The van der Waals surface area contributed by atoms with Crippen molar-refractivity contribution in [2.24, 2.45) is 5.92 Å². The van der Waals surface area contributed by atoms with Gasteiger partial charge in [0, 0.05) is 17.4 Å². The lowest BCUT2D eigenvalue weighted by atomic mass is 9.77. The summed E-state index contributed by atoms with van der Waals surface area (Å²) in [6.07, 6.45) is -6.85. The predicted molar refractivity (Wildman–Crippen MR) is 66.9 cm³/mol. The SMILES string of the molecule is CC1C(c2ccc(F)c(F)c2O)C(C(=O)O)OC1(C)C(F)(F)F. The first-order valence-electron chi connectivity index (χ1n) is 6.56. The third kappa shape index (κ3) is 2.52. The number of benzene rings is 1. The van der Waals surface area contributed by atoms with Crippen LogP contribution in [-0.4, -0.2) is 34.1 Å². The normalized spacial score (nSPS) is 31.3. The number of alkyl halides is 3. The van der Waals surface area contributed by atoms with Gasteiger partial charge in [-0.05, 0) is 13.0 Å². The lowest BCUT2D eigenvalue weighted by molar-refractivity contribution is -0.273. The lowest BCUT2D eigenvalue weighted by Gasteiger charge is -2.31. The van der Waals surface area contributed by atoms with Gasteiger partial charge in [-0.2, -0.15) is 17.6 Å². The predicted octanol–water partition coefficient (Wildman–Crippen LogP) is 3.19. The Labute approximate surface area is 127 Å². The zero-order valence-electron chi connectivity index (χ0n) is 12.0. The van der Waals surface area contributed by atoms with Crippen LogP contribution < -0.4 is 0 Å². The Bertz CT molecular complexity index is 645. The summed E-state index contributed by atoms with van der Waals surface area (Å²) in [5.74, 6) is -8.93. The highest BCUT2D eigenvalue weighted by Gasteiger charge is 2.66. The molecular weight excluding hydrogens is 327 g/mol. The maximum Gasteiger partial charge on any atom is 0.417 e. The number of phenols is 1. The van der Waals surface area contributed by atoms with Gasteiger partial charge in [0.15, 0.2) is 23.3 Å². The van der Waals surface area contributed by atoms with Crippen molar-refractivity contribution in [3.8, 4) is 5.75 Å². The first kappa shape index (κ1) is 17.5. The zero-order valence-corrected chi connectivity index (χ0v) is 12.0. The molecule has 0 amide bonds. The Morgan fingerprint density at radius 3 is 2.35 bits per heavy atom. The third-order valence-corrected chi connectivity index (χ3v) is 4.37. The van der Waals surface area contributed by atoms with E-state index in [0.29, 0.717) is 13.0 Å². The molecule has 1 aromatic carbocycles. The number of phenolic OH excluding ortho intramolecular Hbond substituents is 1. The van der Waals surface area contributed by atoms with Crippen LogP contribution in [0.1, 0.15) is 25.3 Å². The van der Waals surface area contributed by atoms with Gasteiger partial charge in [-0.15, -0.1) is 0 Å². The highest BCUT2D eigenvalue weighted by Crippen LogP contribution is 2.54. The van der Waals surface area contributed by atoms with Crippen LogP contribution in [0.4, 0.5) is 22.0 Å². The molecule has 1 saturated heterocycles. The summed E-state index contributed by atoms with van der Waals surface area (Å²) in [5.41, 5.74) is -3.25. The highest BCUT2D eigenvalue weighted by atomic mass is 19.4. The molecule has 2 N–H and O–H groups in total. The second-order valence-electron chi connectivity index (χ2n) is 5.60. The van der Waals surface area contributed by atoms with Gasteiger partial charge >= 0.3 is 12.1 Å². The van der Waals surface area contributed by atoms with E-state index in [1.165, 1.54) is 0 Å². The van der Waals surface area contributed by atoms with Crippen molar-refractivity contribution in [2.75, 3.05) is 0 Å². The Hall–Kier alpha value is -1.90. The van der Waals surface area contributed by atoms with E-state index in [0.717, 1.165) is 13.0 Å². The van der Waals surface area contributed by atoms with Gasteiger partial charge in [0.1, 0.15) is 0 Å². The van der Waals surface area contributed by atoms with Crippen LogP contribution in [-0.2, 0) is 9.53 Å². The molecule has 23 heavy (non-hydrogen) atoms. The van der Waals surface area contributed by atoms with Crippen LogP contribution in [0.25, 0.3) is 0 Å². The fraction of sp³-hybridized carbons (Fsp3) is 0.500. The number of carbonyl (C=O) groups is 1. The molecule has 1 heterocycles. The summed E-state index contributed by atoms with van der Waals surface area (Å²) in [6.45, 7) is 1.77. The van der Waals surface area contributed by atoms with Crippen molar-refractivity contribution in [3.05, 3.63) is 29.3 Å². The summed E-state index contributed by atoms with van der Waals surface area (Å²) in [4.78, 5) is 11.3. The van der Waals surface area contributed by atoms with Gasteiger partial charge in [0.2, 0.25) is 5.82 Å². The van der Waals surface area contributed by atoms with Crippen LogP contribution >= 0.6 is 0 Å². The molecule has 0 bridgehead atoms. The number of rotatable bonds is 2. The average Bonchev–Trinajstić information content (AvgIpc) is 2.71. The molecule has 0 radical (unpaired) electrons. The first-order valence-corrected chi connectivity index (χ1v) is 6.56. The highest BCUT2D eigenvalue weighted by molar-refractivity contribution is 5.75. The molecule has 0 aliphatic carbocycles. The lowest BCUT2D eigenvalue weighted by Crippen LogP contribution is -2.47. The van der Waals surface area contributed by atoms with Crippen molar-refractivity contribution in [2.45, 2.75) is 37.6 Å². The van der Waals surface area contributed by atoms with Gasteiger partial charge in [-0.1, -0.05) is 13.0 Å². The summed E-state index contributed by atoms with van der Waals surface area (Å²) in [6, 6.07) is 1.47. The van der Waals surface area contributed by atoms with Crippen LogP contribution in [0.15, 0.2) is 12.1 Å². The molecule has 1 aromatic rings. The van der Waals surface area contributed by atoms with E-state index < -0.39 is 58.6 Å². The number of halogens is 5. The zero-order chi connectivity index (χ0) is 17.7. The number of hydrogen-bond donors (Lipinski definition) is 2. The Morgan fingerprint density at radius 2 is 1.87 bits per heavy atom.